The van der Waals surface area contributed by atoms with E-state index in [2.05, 4.69) is 22.3 Å². The minimum atomic E-state index is -0.356. The molecule has 0 unspecified atom stereocenters. The Bertz CT molecular complexity index is 832. The summed E-state index contributed by atoms with van der Waals surface area (Å²) < 4.78 is 13.2. The van der Waals surface area contributed by atoms with Crippen LogP contribution in [0.15, 0.2) is 48.5 Å². The van der Waals surface area contributed by atoms with Crippen molar-refractivity contribution in [3.05, 3.63) is 59.9 Å². The highest BCUT2D eigenvalue weighted by Gasteiger charge is 2.14. The molecule has 2 aromatic carbocycles. The topological polar surface area (TPSA) is 52.7 Å². The van der Waals surface area contributed by atoms with Gasteiger partial charge in [0.05, 0.1) is 6.42 Å². The molecule has 0 radical (unpaired) electrons. The van der Waals surface area contributed by atoms with Gasteiger partial charge in [0, 0.05) is 44.5 Å². The average molecular weight is 397 g/mol. The third-order valence-corrected chi connectivity index (χ3v) is 5.17. The molecule has 0 bridgehead atoms. The fourth-order valence-corrected chi connectivity index (χ4v) is 3.67. The molecule has 0 spiro atoms. The zero-order chi connectivity index (χ0) is 20.6. The highest BCUT2D eigenvalue weighted by Crippen LogP contribution is 2.23. The number of rotatable bonds is 7. The molecule has 0 atom stereocenters. The van der Waals surface area contributed by atoms with Crippen LogP contribution in [0.4, 0.5) is 15.8 Å². The Morgan fingerprint density at radius 1 is 1.07 bits per heavy atom. The Balaban J connectivity index is 1.53. The second-order valence-electron chi connectivity index (χ2n) is 7.39. The van der Waals surface area contributed by atoms with E-state index in [1.165, 1.54) is 44.0 Å². The van der Waals surface area contributed by atoms with E-state index in [-0.39, 0.29) is 24.1 Å². The van der Waals surface area contributed by atoms with E-state index < -0.39 is 0 Å². The van der Waals surface area contributed by atoms with E-state index in [4.69, 9.17) is 0 Å². The summed E-state index contributed by atoms with van der Waals surface area (Å²) in [6, 6.07) is 14.0. The highest BCUT2D eigenvalue weighted by molar-refractivity contribution is 5.91. The Hall–Kier alpha value is -2.89. The lowest BCUT2D eigenvalue weighted by atomic mass is 10.1. The lowest BCUT2D eigenvalue weighted by Gasteiger charge is -2.29. The zero-order valence-corrected chi connectivity index (χ0v) is 16.9. The zero-order valence-electron chi connectivity index (χ0n) is 16.9. The number of nitrogens with one attached hydrogen (secondary N) is 1. The molecule has 29 heavy (non-hydrogen) atoms. The van der Waals surface area contributed by atoms with E-state index in [9.17, 15) is 14.0 Å². The number of nitrogens with zero attached hydrogens (tertiary/aromatic N) is 2. The van der Waals surface area contributed by atoms with Crippen molar-refractivity contribution in [3.8, 4) is 0 Å². The van der Waals surface area contributed by atoms with Crippen LogP contribution in [0, 0.1) is 5.82 Å². The Labute approximate surface area is 171 Å². The maximum absolute atomic E-state index is 13.2. The number of hydrogen-bond donors (Lipinski definition) is 1. The monoisotopic (exact) mass is 397 g/mol. The first-order chi connectivity index (χ1) is 14.0. The summed E-state index contributed by atoms with van der Waals surface area (Å²) >= 11 is 0. The molecule has 154 valence electrons. The molecular formula is C23H28FN3O2. The summed E-state index contributed by atoms with van der Waals surface area (Å²) in [6.07, 6.45) is 3.84. The summed E-state index contributed by atoms with van der Waals surface area (Å²) in [5.41, 5.74) is 2.62. The van der Waals surface area contributed by atoms with Gasteiger partial charge in [-0.1, -0.05) is 12.1 Å². The maximum atomic E-state index is 13.2. The largest absolute Gasteiger partial charge is 0.372 e. The number of anilines is 2. The van der Waals surface area contributed by atoms with Gasteiger partial charge in [-0.15, -0.1) is 0 Å². The minimum absolute atomic E-state index is 0.0740. The summed E-state index contributed by atoms with van der Waals surface area (Å²) in [4.78, 5) is 28.2. The van der Waals surface area contributed by atoms with E-state index >= 15 is 0 Å². The summed E-state index contributed by atoms with van der Waals surface area (Å²) in [7, 11) is 0. The SMILES string of the molecule is CC(=O)N(CCNC(=O)Cc1cccc(F)c1)c1ccc(N2CCCCC2)cc1. The molecule has 2 aromatic rings. The normalized spacial score (nSPS) is 13.8. The van der Waals surface area contributed by atoms with Crippen molar-refractivity contribution in [2.75, 3.05) is 36.0 Å². The maximum Gasteiger partial charge on any atom is 0.224 e. The molecule has 0 aliphatic carbocycles. The molecule has 1 aliphatic rings. The van der Waals surface area contributed by atoms with Gasteiger partial charge in [-0.3, -0.25) is 9.59 Å². The van der Waals surface area contributed by atoms with Gasteiger partial charge in [-0.25, -0.2) is 4.39 Å². The Morgan fingerprint density at radius 2 is 1.79 bits per heavy atom. The highest BCUT2D eigenvalue weighted by atomic mass is 19.1. The number of carbonyl (C=O) groups is 2. The molecular weight excluding hydrogens is 369 g/mol. The Morgan fingerprint density at radius 3 is 2.45 bits per heavy atom. The third kappa shape index (κ3) is 6.04. The number of hydrogen-bond acceptors (Lipinski definition) is 3. The minimum Gasteiger partial charge on any atom is -0.372 e. The van der Waals surface area contributed by atoms with E-state index in [1.807, 2.05) is 12.1 Å². The van der Waals surface area contributed by atoms with Crippen LogP contribution < -0.4 is 15.1 Å². The molecule has 1 aliphatic heterocycles. The molecule has 2 amide bonds. The van der Waals surface area contributed by atoms with Crippen LogP contribution in [0.2, 0.25) is 0 Å². The van der Waals surface area contributed by atoms with Gasteiger partial charge in [0.15, 0.2) is 0 Å². The van der Waals surface area contributed by atoms with Gasteiger partial charge in [-0.2, -0.15) is 0 Å². The van der Waals surface area contributed by atoms with Crippen molar-refractivity contribution < 1.29 is 14.0 Å². The fourth-order valence-electron chi connectivity index (χ4n) is 3.67. The Kier molecular flexibility index (Phi) is 7.22. The molecule has 5 nitrogen and oxygen atoms in total. The average Bonchev–Trinajstić information content (AvgIpc) is 2.72. The summed E-state index contributed by atoms with van der Waals surface area (Å²) in [6.45, 7) is 4.39. The van der Waals surface area contributed by atoms with Gasteiger partial charge >= 0.3 is 0 Å². The molecule has 0 saturated carbocycles. The van der Waals surface area contributed by atoms with Crippen LogP contribution in [0.5, 0.6) is 0 Å². The number of halogens is 1. The van der Waals surface area contributed by atoms with Crippen molar-refractivity contribution in [1.29, 1.82) is 0 Å². The van der Waals surface area contributed by atoms with Crippen LogP contribution in [-0.2, 0) is 16.0 Å². The molecule has 1 fully saturated rings. The van der Waals surface area contributed by atoms with Crippen LogP contribution in [0.1, 0.15) is 31.7 Å². The van der Waals surface area contributed by atoms with Crippen LogP contribution in [-0.4, -0.2) is 38.0 Å². The van der Waals surface area contributed by atoms with Crippen molar-refractivity contribution >= 4 is 23.2 Å². The predicted molar refractivity (Wildman–Crippen MR) is 114 cm³/mol. The van der Waals surface area contributed by atoms with E-state index in [0.29, 0.717) is 18.7 Å². The van der Waals surface area contributed by atoms with Crippen LogP contribution in [0.25, 0.3) is 0 Å². The first kappa shape index (κ1) is 20.8. The number of benzene rings is 2. The van der Waals surface area contributed by atoms with E-state index in [0.717, 1.165) is 18.8 Å². The van der Waals surface area contributed by atoms with Crippen molar-refractivity contribution in [1.82, 2.24) is 5.32 Å². The van der Waals surface area contributed by atoms with E-state index in [1.54, 1.807) is 17.0 Å². The quantitative estimate of drug-likeness (QED) is 0.778. The molecule has 1 saturated heterocycles. The first-order valence-corrected chi connectivity index (χ1v) is 10.2. The van der Waals surface area contributed by atoms with Gasteiger partial charge in [0.1, 0.15) is 5.82 Å². The summed E-state index contributed by atoms with van der Waals surface area (Å²) in [5, 5.41) is 2.81. The molecule has 3 rings (SSSR count). The molecule has 1 heterocycles. The van der Waals surface area contributed by atoms with Gasteiger partial charge in [-0.05, 0) is 61.2 Å². The second-order valence-corrected chi connectivity index (χ2v) is 7.39. The third-order valence-electron chi connectivity index (χ3n) is 5.17. The van der Waals surface area contributed by atoms with Gasteiger partial charge < -0.3 is 15.1 Å². The van der Waals surface area contributed by atoms with Crippen molar-refractivity contribution in [2.24, 2.45) is 0 Å². The number of piperidine rings is 1. The fraction of sp³-hybridized carbons (Fsp3) is 0.391. The summed E-state index contributed by atoms with van der Waals surface area (Å²) in [5.74, 6) is -0.624. The number of amides is 2. The van der Waals surface area contributed by atoms with Crippen molar-refractivity contribution in [3.63, 3.8) is 0 Å². The molecule has 6 heteroatoms. The lowest BCUT2D eigenvalue weighted by Crippen LogP contribution is -2.38. The van der Waals surface area contributed by atoms with Crippen molar-refractivity contribution in [2.45, 2.75) is 32.6 Å². The standard InChI is InChI=1S/C23H28FN3O2/c1-18(28)27(15-12-25-23(29)17-19-6-5-7-20(24)16-19)22-10-8-21(9-11-22)26-13-3-2-4-14-26/h5-11,16H,2-4,12-15,17H2,1H3,(H,25,29). The smallest absolute Gasteiger partial charge is 0.224 e. The number of carbonyl (C=O) groups excluding carboxylic acids is 2. The predicted octanol–water partition coefficient (Wildman–Crippen LogP) is 3.53. The van der Waals surface area contributed by atoms with Crippen LogP contribution in [0.3, 0.4) is 0 Å². The first-order valence-electron chi connectivity index (χ1n) is 10.2. The second kappa shape index (κ2) is 10.0. The molecule has 1 N–H and O–H groups in total. The van der Waals surface area contributed by atoms with Gasteiger partial charge in [0.25, 0.3) is 0 Å². The molecule has 0 aromatic heterocycles. The van der Waals surface area contributed by atoms with Gasteiger partial charge in [0.2, 0.25) is 11.8 Å². The lowest BCUT2D eigenvalue weighted by molar-refractivity contribution is -0.121. The van der Waals surface area contributed by atoms with Crippen LogP contribution >= 0.6 is 0 Å².